The molecule has 0 radical (unpaired) electrons. The summed E-state index contributed by atoms with van der Waals surface area (Å²) in [5.74, 6) is 2.72. The maximum atomic E-state index is 10.8. The smallest absolute Gasteiger partial charge is 0.294 e. The molecule has 0 unspecified atom stereocenters. The molecule has 4 rings (SSSR count). The number of aryl methyl sites for hydroxylation is 1. The fraction of sp³-hybridized carbons (Fsp3) is 0.400. The Hall–Kier alpha value is -4.37. The van der Waals surface area contributed by atoms with Crippen LogP contribution in [0, 0.1) is 6.92 Å². The number of carbonyl (C=O) groups excluding carboxylic acids is 1. The van der Waals surface area contributed by atoms with Gasteiger partial charge >= 0.3 is 0 Å². The number of piperazine rings is 1. The number of nitrogens with one attached hydrogen (secondary N) is 1. The molecule has 2 aliphatic heterocycles. The number of nitrogens with zero attached hydrogens (tertiary/aromatic N) is 6. The van der Waals surface area contributed by atoms with E-state index in [0.29, 0.717) is 6.47 Å². The van der Waals surface area contributed by atoms with Crippen molar-refractivity contribution in [2.45, 2.75) is 47.5 Å². The van der Waals surface area contributed by atoms with E-state index in [1.54, 1.807) is 0 Å². The number of hydrogen-bond donors (Lipinski definition) is 1. The van der Waals surface area contributed by atoms with Crippen molar-refractivity contribution in [2.75, 3.05) is 47.0 Å². The van der Waals surface area contributed by atoms with Crippen molar-refractivity contribution in [2.24, 2.45) is 4.99 Å². The van der Waals surface area contributed by atoms with Gasteiger partial charge < -0.3 is 24.8 Å². The number of carbonyl (C=O) groups is 1. The molecule has 44 heavy (non-hydrogen) atoms. The second-order valence-electron chi connectivity index (χ2n) is 11.3. The molecule has 1 aromatic carbocycles. The van der Waals surface area contributed by atoms with Gasteiger partial charge in [-0.05, 0) is 69.0 Å². The summed E-state index contributed by atoms with van der Waals surface area (Å²) in [6.45, 7) is 15.0. The van der Waals surface area contributed by atoms with Crippen LogP contribution in [0.1, 0.15) is 46.1 Å². The van der Waals surface area contributed by atoms with Crippen molar-refractivity contribution in [3.8, 4) is 11.3 Å². The summed E-state index contributed by atoms with van der Waals surface area (Å²) in [6, 6.07) is 10.5. The molecule has 0 bridgehead atoms. The summed E-state index contributed by atoms with van der Waals surface area (Å²) in [4.78, 5) is 22.5. The zero-order chi connectivity index (χ0) is 31.6. The van der Waals surface area contributed by atoms with Crippen molar-refractivity contribution in [1.82, 2.24) is 29.8 Å². The van der Waals surface area contributed by atoms with Gasteiger partial charge in [0.05, 0.1) is 5.69 Å². The predicted molar refractivity (Wildman–Crippen MR) is 179 cm³/mol. The van der Waals surface area contributed by atoms with Gasteiger partial charge in [-0.15, -0.1) is 0 Å². The Morgan fingerprint density at radius 1 is 1.16 bits per heavy atom. The van der Waals surface area contributed by atoms with E-state index in [1.165, 1.54) is 11.1 Å². The summed E-state index contributed by atoms with van der Waals surface area (Å²) < 4.78 is 6.88. The van der Waals surface area contributed by atoms with Gasteiger partial charge in [0.25, 0.3) is 6.47 Å². The van der Waals surface area contributed by atoms with E-state index >= 15 is 0 Å². The summed E-state index contributed by atoms with van der Waals surface area (Å²) in [5, 5.41) is 8.42. The Morgan fingerprint density at radius 3 is 2.61 bits per heavy atom. The first-order valence-corrected chi connectivity index (χ1v) is 15.4. The lowest BCUT2D eigenvalue weighted by Gasteiger charge is -2.38. The van der Waals surface area contributed by atoms with E-state index in [4.69, 9.17) is 14.8 Å². The first-order chi connectivity index (χ1) is 21.2. The molecule has 1 N–H and O–H groups in total. The van der Waals surface area contributed by atoms with E-state index in [9.17, 15) is 4.79 Å². The summed E-state index contributed by atoms with van der Waals surface area (Å²) in [6.07, 6.45) is 12.5. The van der Waals surface area contributed by atoms with Crippen LogP contribution in [0.4, 0.5) is 0 Å². The minimum absolute atomic E-state index is 0.196. The zero-order valence-electron chi connectivity index (χ0n) is 27.3. The van der Waals surface area contributed by atoms with E-state index in [2.05, 4.69) is 98.4 Å². The third kappa shape index (κ3) is 7.96. The fourth-order valence-corrected chi connectivity index (χ4v) is 5.23. The average molecular weight is 598 g/mol. The van der Waals surface area contributed by atoms with Crippen molar-refractivity contribution < 1.29 is 9.53 Å². The van der Waals surface area contributed by atoms with Crippen LogP contribution in [0.3, 0.4) is 0 Å². The molecule has 234 valence electrons. The first-order valence-electron chi connectivity index (χ1n) is 15.4. The zero-order valence-corrected chi connectivity index (χ0v) is 27.3. The maximum Gasteiger partial charge on any atom is 0.294 e. The predicted octanol–water partition coefficient (Wildman–Crippen LogP) is 5.67. The number of aliphatic imine (C=N–C) groups is 1. The molecule has 0 amide bonds. The van der Waals surface area contributed by atoms with Crippen LogP contribution in [0.5, 0.6) is 0 Å². The van der Waals surface area contributed by atoms with Gasteiger partial charge in [0.2, 0.25) is 0 Å². The van der Waals surface area contributed by atoms with E-state index in [0.717, 1.165) is 84.6 Å². The molecular formula is C35H47N7O2. The van der Waals surface area contributed by atoms with Gasteiger partial charge in [-0.2, -0.15) is 5.10 Å². The SMILES string of the molecule is CC/C=C(\C=C(\C)N(C)COC=O)C(/C=C1/N=C(n2ccc(-c3cccc(C)c3)n2)C=C(N2CCNCC2)N1C)=C(C)CC. The highest BCUT2D eigenvalue weighted by atomic mass is 16.5. The highest BCUT2D eigenvalue weighted by molar-refractivity contribution is 5.96. The normalized spacial score (nSPS) is 17.8. The van der Waals surface area contributed by atoms with Crippen LogP contribution in [0.25, 0.3) is 11.3 Å². The van der Waals surface area contributed by atoms with Crippen molar-refractivity contribution >= 4 is 12.3 Å². The van der Waals surface area contributed by atoms with Gasteiger partial charge in [0.15, 0.2) is 12.6 Å². The van der Waals surface area contributed by atoms with Gasteiger partial charge in [0.1, 0.15) is 11.6 Å². The molecule has 2 aromatic rings. The molecule has 1 fully saturated rings. The van der Waals surface area contributed by atoms with E-state index in [1.807, 2.05) is 35.8 Å². The van der Waals surface area contributed by atoms with E-state index < -0.39 is 0 Å². The molecular weight excluding hydrogens is 550 g/mol. The van der Waals surface area contributed by atoms with Crippen LogP contribution in [0.2, 0.25) is 0 Å². The summed E-state index contributed by atoms with van der Waals surface area (Å²) in [5.41, 5.74) is 7.70. The molecule has 1 aromatic heterocycles. The standard InChI is InChI=1S/C35H47N7O2/c1-8-11-29(21-28(5)39(6)24-44-25-43)31(27(4)9-2)22-33-37-34(23-35(40(33)7)41-18-15-36-16-19-41)42-17-14-32(38-42)30-13-10-12-26(3)20-30/h10-14,17,20-23,25,36H,8-9,15-16,18-19,24H2,1-7H3/b28-21-,29-11+,31-27?,33-22-. The van der Waals surface area contributed by atoms with Gasteiger partial charge in [0, 0.05) is 63.8 Å². The fourth-order valence-electron chi connectivity index (χ4n) is 5.23. The molecule has 2 aliphatic rings. The number of ether oxygens (including phenoxy) is 1. The Morgan fingerprint density at radius 2 is 1.93 bits per heavy atom. The summed E-state index contributed by atoms with van der Waals surface area (Å²) >= 11 is 0. The van der Waals surface area contributed by atoms with Crippen LogP contribution >= 0.6 is 0 Å². The topological polar surface area (TPSA) is 78.2 Å². The second-order valence-corrected chi connectivity index (χ2v) is 11.3. The Labute approximate surface area is 262 Å². The number of hydrogen-bond acceptors (Lipinski definition) is 8. The van der Waals surface area contributed by atoms with Crippen LogP contribution < -0.4 is 5.32 Å². The first kappa shape index (κ1) is 32.5. The lowest BCUT2D eigenvalue weighted by molar-refractivity contribution is -0.131. The lowest BCUT2D eigenvalue weighted by atomic mass is 9.96. The highest BCUT2D eigenvalue weighted by Crippen LogP contribution is 2.29. The maximum absolute atomic E-state index is 10.8. The van der Waals surface area contributed by atoms with Crippen LogP contribution in [-0.2, 0) is 9.53 Å². The van der Waals surface area contributed by atoms with Crippen molar-refractivity contribution in [3.05, 3.63) is 100 Å². The number of aromatic nitrogens is 2. The monoisotopic (exact) mass is 597 g/mol. The minimum atomic E-state index is 0.196. The number of rotatable bonds is 11. The molecule has 9 nitrogen and oxygen atoms in total. The van der Waals surface area contributed by atoms with Crippen molar-refractivity contribution in [3.63, 3.8) is 0 Å². The quantitative estimate of drug-likeness (QED) is 0.203. The number of benzene rings is 1. The van der Waals surface area contributed by atoms with Gasteiger partial charge in [-0.25, -0.2) is 9.67 Å². The van der Waals surface area contributed by atoms with Crippen LogP contribution in [-0.4, -0.2) is 83.8 Å². The lowest BCUT2D eigenvalue weighted by Crippen LogP contribution is -2.47. The van der Waals surface area contributed by atoms with Gasteiger partial charge in [-0.1, -0.05) is 49.3 Å². The molecule has 9 heteroatoms. The minimum Gasteiger partial charge on any atom is -0.446 e. The third-order valence-corrected chi connectivity index (χ3v) is 8.05. The van der Waals surface area contributed by atoms with E-state index in [-0.39, 0.29) is 6.73 Å². The van der Waals surface area contributed by atoms with Gasteiger partial charge in [-0.3, -0.25) is 4.79 Å². The third-order valence-electron chi connectivity index (χ3n) is 8.05. The van der Waals surface area contributed by atoms with Crippen LogP contribution in [0.15, 0.2) is 99.9 Å². The molecule has 0 aliphatic carbocycles. The van der Waals surface area contributed by atoms with Crippen molar-refractivity contribution in [1.29, 1.82) is 0 Å². The Bertz CT molecular complexity index is 1500. The molecule has 3 heterocycles. The second kappa shape index (κ2) is 15.4. The molecule has 0 atom stereocenters. The highest BCUT2D eigenvalue weighted by Gasteiger charge is 2.25. The number of allylic oxidation sites excluding steroid dienone is 8. The Balaban J connectivity index is 1.81. The molecule has 0 saturated carbocycles. The Kier molecular flexibility index (Phi) is 11.4. The molecule has 0 spiro atoms. The molecule has 1 saturated heterocycles. The average Bonchev–Trinajstić information content (AvgIpc) is 3.53. The summed E-state index contributed by atoms with van der Waals surface area (Å²) in [7, 11) is 4.01. The largest absolute Gasteiger partial charge is 0.446 e.